The first-order valence-electron chi connectivity index (χ1n) is 8.13. The van der Waals surface area contributed by atoms with Gasteiger partial charge in [-0.25, -0.2) is 8.78 Å². The van der Waals surface area contributed by atoms with Crippen LogP contribution >= 0.6 is 7.37 Å². The maximum absolute atomic E-state index is 13.9. The predicted octanol–water partition coefficient (Wildman–Crippen LogP) is 2.00. The van der Waals surface area contributed by atoms with E-state index in [0.717, 1.165) is 12.1 Å². The summed E-state index contributed by atoms with van der Waals surface area (Å²) in [6.45, 7) is 0.446. The van der Waals surface area contributed by atoms with E-state index in [4.69, 9.17) is 5.73 Å². The van der Waals surface area contributed by atoms with Gasteiger partial charge in [0.2, 0.25) is 7.37 Å². The molecular weight excluding hydrogens is 353 g/mol. The third-order valence-electron chi connectivity index (χ3n) is 4.72. The van der Waals surface area contributed by atoms with Gasteiger partial charge in [0.05, 0.1) is 0 Å². The molecule has 1 saturated heterocycles. The maximum Gasteiger partial charge on any atom is 0.320 e. The Labute approximate surface area is 145 Å². The summed E-state index contributed by atoms with van der Waals surface area (Å²) in [4.78, 5) is 23.8. The monoisotopic (exact) mass is 376 g/mol. The van der Waals surface area contributed by atoms with Crippen molar-refractivity contribution < 1.29 is 28.1 Å². The second-order valence-electron chi connectivity index (χ2n) is 6.45. The fourth-order valence-electron chi connectivity index (χ4n) is 3.22. The molecular formula is C16H23F2N2O4P. The van der Waals surface area contributed by atoms with Crippen LogP contribution in [0.1, 0.15) is 24.8 Å². The fourth-order valence-corrected chi connectivity index (χ4v) is 5.43. The smallest absolute Gasteiger partial charge is 0.320 e. The Hall–Kier alpha value is -1.34. The van der Waals surface area contributed by atoms with Gasteiger partial charge >= 0.3 is 5.97 Å². The van der Waals surface area contributed by atoms with Crippen LogP contribution in [0.25, 0.3) is 0 Å². The highest BCUT2D eigenvalue weighted by Gasteiger charge is 2.56. The maximum atomic E-state index is 13.9. The molecule has 0 saturated carbocycles. The van der Waals surface area contributed by atoms with Crippen LogP contribution in [0.3, 0.4) is 0 Å². The number of carbonyl (C=O) groups is 1. The van der Waals surface area contributed by atoms with E-state index in [0.29, 0.717) is 19.4 Å². The first-order valence-corrected chi connectivity index (χ1v) is 9.98. The highest BCUT2D eigenvalue weighted by atomic mass is 31.2. The summed E-state index contributed by atoms with van der Waals surface area (Å²) < 4.78 is 39.5. The highest BCUT2D eigenvalue weighted by molar-refractivity contribution is 7.61. The lowest BCUT2D eigenvalue weighted by Crippen LogP contribution is -2.54. The molecule has 0 bridgehead atoms. The molecule has 9 heteroatoms. The molecule has 2 rings (SSSR count). The third kappa shape index (κ3) is 4.26. The molecule has 140 valence electrons. The van der Waals surface area contributed by atoms with Crippen LogP contribution < -0.4 is 5.73 Å². The van der Waals surface area contributed by atoms with Crippen LogP contribution in [-0.4, -0.2) is 51.8 Å². The molecule has 2 atom stereocenters. The minimum Gasteiger partial charge on any atom is -0.480 e. The number of rotatable bonds is 7. The number of carboxylic acid groups (broad SMARTS) is 1. The van der Waals surface area contributed by atoms with Gasteiger partial charge in [-0.2, -0.15) is 0 Å². The van der Waals surface area contributed by atoms with Gasteiger partial charge in [0, 0.05) is 37.4 Å². The van der Waals surface area contributed by atoms with Crippen molar-refractivity contribution in [1.82, 2.24) is 4.90 Å². The van der Waals surface area contributed by atoms with E-state index in [1.165, 1.54) is 6.07 Å². The third-order valence-corrected chi connectivity index (χ3v) is 7.43. The van der Waals surface area contributed by atoms with Crippen LogP contribution in [0, 0.1) is 11.6 Å². The molecule has 4 N–H and O–H groups in total. The van der Waals surface area contributed by atoms with Crippen LogP contribution in [0.15, 0.2) is 18.2 Å². The molecule has 1 aliphatic rings. The van der Waals surface area contributed by atoms with Crippen molar-refractivity contribution in [2.45, 2.75) is 31.0 Å². The highest BCUT2D eigenvalue weighted by Crippen LogP contribution is 2.59. The zero-order valence-electron chi connectivity index (χ0n) is 13.8. The molecule has 1 aromatic carbocycles. The quantitative estimate of drug-likeness (QED) is 0.497. The number of hydrogen-bond acceptors (Lipinski definition) is 4. The fraction of sp³-hybridized carbons (Fsp3) is 0.562. The summed E-state index contributed by atoms with van der Waals surface area (Å²) in [7, 11) is -3.92. The Morgan fingerprint density at radius 3 is 2.68 bits per heavy atom. The van der Waals surface area contributed by atoms with Gasteiger partial charge in [0.1, 0.15) is 11.6 Å². The molecule has 0 spiro atoms. The van der Waals surface area contributed by atoms with E-state index in [9.17, 15) is 28.1 Å². The standard InChI is InChI=1S/C16H23F2N2O4P/c17-13-4-3-12(14(18)9-13)10-20-7-8-25(23,24)16(11-20,15(21)22)5-1-2-6-19/h3-4,9H,1-2,5-8,10-11,19H2,(H,21,22)(H,23,24). The molecule has 1 heterocycles. The molecule has 1 aliphatic heterocycles. The Balaban J connectivity index is 2.23. The van der Waals surface area contributed by atoms with Gasteiger partial charge in [0.15, 0.2) is 5.16 Å². The van der Waals surface area contributed by atoms with Crippen molar-refractivity contribution in [3.8, 4) is 0 Å². The molecule has 1 aromatic rings. The number of carboxylic acids is 1. The van der Waals surface area contributed by atoms with Crippen molar-refractivity contribution in [2.24, 2.45) is 5.73 Å². The lowest BCUT2D eigenvalue weighted by molar-refractivity contribution is -0.141. The second kappa shape index (κ2) is 7.91. The van der Waals surface area contributed by atoms with Crippen molar-refractivity contribution >= 4 is 13.3 Å². The number of benzene rings is 1. The largest absolute Gasteiger partial charge is 0.480 e. The van der Waals surface area contributed by atoms with Gasteiger partial charge in [0.25, 0.3) is 0 Å². The van der Waals surface area contributed by atoms with Gasteiger partial charge in [-0.15, -0.1) is 0 Å². The minimum atomic E-state index is -3.92. The Bertz CT molecular complexity index is 688. The number of hydrogen-bond donors (Lipinski definition) is 3. The van der Waals surface area contributed by atoms with Crippen molar-refractivity contribution in [3.05, 3.63) is 35.4 Å². The summed E-state index contributed by atoms with van der Waals surface area (Å²) in [6.07, 6.45) is 0.841. The van der Waals surface area contributed by atoms with Crippen LogP contribution in [0.5, 0.6) is 0 Å². The lowest BCUT2D eigenvalue weighted by Gasteiger charge is -2.43. The van der Waals surface area contributed by atoms with E-state index in [1.54, 1.807) is 4.90 Å². The summed E-state index contributed by atoms with van der Waals surface area (Å²) in [5, 5.41) is 7.90. The summed E-state index contributed by atoms with van der Waals surface area (Å²) in [5.74, 6) is -2.73. The van der Waals surface area contributed by atoms with E-state index in [-0.39, 0.29) is 37.8 Å². The summed E-state index contributed by atoms with van der Waals surface area (Å²) in [6, 6.07) is 3.20. The average Bonchev–Trinajstić information content (AvgIpc) is 2.53. The molecule has 0 aromatic heterocycles. The Morgan fingerprint density at radius 1 is 1.36 bits per heavy atom. The number of halogens is 2. The van der Waals surface area contributed by atoms with E-state index in [2.05, 4.69) is 0 Å². The molecule has 0 radical (unpaired) electrons. The first kappa shape index (κ1) is 20.0. The van der Waals surface area contributed by atoms with Crippen LogP contribution in [0.2, 0.25) is 0 Å². The van der Waals surface area contributed by atoms with Crippen molar-refractivity contribution in [3.63, 3.8) is 0 Å². The molecule has 6 nitrogen and oxygen atoms in total. The number of aliphatic carboxylic acids is 1. The first-order chi connectivity index (χ1) is 11.7. The average molecular weight is 376 g/mol. The topological polar surface area (TPSA) is 104 Å². The van der Waals surface area contributed by atoms with Crippen LogP contribution in [0.4, 0.5) is 8.78 Å². The Kier molecular flexibility index (Phi) is 6.32. The minimum absolute atomic E-state index is 0.0374. The van der Waals surface area contributed by atoms with Gasteiger partial charge in [-0.1, -0.05) is 12.5 Å². The molecule has 25 heavy (non-hydrogen) atoms. The van der Waals surface area contributed by atoms with E-state index < -0.39 is 30.1 Å². The molecule has 0 amide bonds. The van der Waals surface area contributed by atoms with E-state index >= 15 is 0 Å². The second-order valence-corrected chi connectivity index (χ2v) is 9.16. The lowest BCUT2D eigenvalue weighted by atomic mass is 9.99. The van der Waals surface area contributed by atoms with Crippen LogP contribution in [-0.2, 0) is 15.9 Å². The zero-order valence-corrected chi connectivity index (χ0v) is 14.7. The number of unbranched alkanes of at least 4 members (excludes halogenated alkanes) is 1. The molecule has 1 fully saturated rings. The van der Waals surface area contributed by atoms with Gasteiger partial charge < -0.3 is 15.7 Å². The summed E-state index contributed by atoms with van der Waals surface area (Å²) >= 11 is 0. The zero-order chi connectivity index (χ0) is 18.7. The van der Waals surface area contributed by atoms with Crippen molar-refractivity contribution in [1.29, 1.82) is 0 Å². The Morgan fingerprint density at radius 2 is 2.08 bits per heavy atom. The van der Waals surface area contributed by atoms with Crippen molar-refractivity contribution in [2.75, 3.05) is 25.8 Å². The predicted molar refractivity (Wildman–Crippen MR) is 89.6 cm³/mol. The summed E-state index contributed by atoms with van der Waals surface area (Å²) in [5.41, 5.74) is 5.65. The SMILES string of the molecule is NCCCCC1(C(=O)O)CN(Cc2ccc(F)cc2F)CCP1(=O)O. The van der Waals surface area contributed by atoms with E-state index in [1.807, 2.05) is 0 Å². The number of nitrogens with two attached hydrogens (primary N) is 1. The molecule has 2 unspecified atom stereocenters. The van der Waals surface area contributed by atoms with Gasteiger partial charge in [-0.05, 0) is 25.5 Å². The number of nitrogens with zero attached hydrogens (tertiary/aromatic N) is 1. The molecule has 0 aliphatic carbocycles. The normalized spacial score (nSPS) is 27.4. The van der Waals surface area contributed by atoms with Gasteiger partial charge in [-0.3, -0.25) is 14.3 Å².